The third kappa shape index (κ3) is 3.78. The van der Waals surface area contributed by atoms with E-state index in [1.807, 2.05) is 18.2 Å². The summed E-state index contributed by atoms with van der Waals surface area (Å²) in [6.07, 6.45) is 4.31. The Morgan fingerprint density at radius 2 is 1.61 bits per heavy atom. The SMILES string of the molecule is CC1CCC(O)C2C(OSc3ccccc3)CCC(C)C2C1C. The van der Waals surface area contributed by atoms with Gasteiger partial charge in [-0.15, -0.1) is 0 Å². The number of hydrogen-bond acceptors (Lipinski definition) is 3. The van der Waals surface area contributed by atoms with Gasteiger partial charge >= 0.3 is 0 Å². The Labute approximate surface area is 145 Å². The van der Waals surface area contributed by atoms with E-state index in [1.54, 1.807) is 0 Å². The summed E-state index contributed by atoms with van der Waals surface area (Å²) in [5, 5.41) is 10.8. The molecule has 7 unspecified atom stereocenters. The molecule has 0 bridgehead atoms. The Balaban J connectivity index is 1.75. The van der Waals surface area contributed by atoms with Gasteiger partial charge in [0.05, 0.1) is 12.2 Å². The molecule has 0 amide bonds. The highest BCUT2D eigenvalue weighted by Gasteiger charge is 2.47. The molecule has 0 aromatic heterocycles. The average Bonchev–Trinajstić information content (AvgIpc) is 2.68. The van der Waals surface area contributed by atoms with Gasteiger partial charge in [0.15, 0.2) is 0 Å². The van der Waals surface area contributed by atoms with Crippen molar-refractivity contribution >= 4 is 12.0 Å². The second-order valence-corrected chi connectivity index (χ2v) is 8.55. The van der Waals surface area contributed by atoms with Crippen LogP contribution in [0.25, 0.3) is 0 Å². The van der Waals surface area contributed by atoms with Gasteiger partial charge in [-0.1, -0.05) is 39.0 Å². The van der Waals surface area contributed by atoms with Gasteiger partial charge < -0.3 is 9.29 Å². The molecule has 23 heavy (non-hydrogen) atoms. The maximum Gasteiger partial charge on any atom is 0.0782 e. The standard InChI is InChI=1S/C20H30O2S/c1-13-9-11-17(21)20-18(12-10-14(2)19(20)15(13)3)22-23-16-7-5-4-6-8-16/h4-8,13-15,17-21H,9-12H2,1-3H3. The van der Waals surface area contributed by atoms with Gasteiger partial charge in [-0.25, -0.2) is 0 Å². The summed E-state index contributed by atoms with van der Waals surface area (Å²) in [6, 6.07) is 10.3. The lowest BCUT2D eigenvalue weighted by molar-refractivity contribution is -0.0563. The maximum atomic E-state index is 10.8. The molecule has 3 heteroatoms. The highest BCUT2D eigenvalue weighted by Crippen LogP contribution is 2.49. The maximum absolute atomic E-state index is 10.8. The molecule has 0 spiro atoms. The number of aliphatic hydroxyl groups excluding tert-OH is 1. The molecular weight excluding hydrogens is 304 g/mol. The monoisotopic (exact) mass is 334 g/mol. The number of benzene rings is 1. The molecule has 0 radical (unpaired) electrons. The fourth-order valence-electron chi connectivity index (χ4n) is 4.79. The van der Waals surface area contributed by atoms with Gasteiger partial charge in [0.1, 0.15) is 0 Å². The van der Waals surface area contributed by atoms with Crippen LogP contribution in [0.1, 0.15) is 46.5 Å². The summed E-state index contributed by atoms with van der Waals surface area (Å²) in [7, 11) is 0. The predicted molar refractivity (Wildman–Crippen MR) is 96.1 cm³/mol. The molecule has 3 rings (SSSR count). The van der Waals surface area contributed by atoms with Crippen LogP contribution >= 0.6 is 12.0 Å². The molecular formula is C20H30O2S. The topological polar surface area (TPSA) is 29.5 Å². The summed E-state index contributed by atoms with van der Waals surface area (Å²) in [5.41, 5.74) is 0. The van der Waals surface area contributed by atoms with E-state index in [0.717, 1.165) is 24.2 Å². The Morgan fingerprint density at radius 1 is 0.913 bits per heavy atom. The van der Waals surface area contributed by atoms with E-state index in [-0.39, 0.29) is 18.1 Å². The van der Waals surface area contributed by atoms with Crippen LogP contribution in [0.15, 0.2) is 35.2 Å². The fraction of sp³-hybridized carbons (Fsp3) is 0.700. The average molecular weight is 335 g/mol. The molecule has 2 fully saturated rings. The van der Waals surface area contributed by atoms with Crippen molar-refractivity contribution in [3.63, 3.8) is 0 Å². The van der Waals surface area contributed by atoms with Crippen molar-refractivity contribution in [3.05, 3.63) is 30.3 Å². The van der Waals surface area contributed by atoms with Gasteiger partial charge in [0, 0.05) is 22.9 Å². The van der Waals surface area contributed by atoms with E-state index < -0.39 is 0 Å². The summed E-state index contributed by atoms with van der Waals surface area (Å²) < 4.78 is 6.25. The van der Waals surface area contributed by atoms with Gasteiger partial charge in [-0.3, -0.25) is 0 Å². The summed E-state index contributed by atoms with van der Waals surface area (Å²) in [4.78, 5) is 1.15. The van der Waals surface area contributed by atoms with Gasteiger partial charge in [-0.05, 0) is 61.5 Å². The molecule has 2 nitrogen and oxygen atoms in total. The minimum absolute atomic E-state index is 0.171. The van der Waals surface area contributed by atoms with Crippen LogP contribution in [0.3, 0.4) is 0 Å². The molecule has 2 aliphatic rings. The molecule has 0 aliphatic heterocycles. The lowest BCUT2D eigenvalue weighted by Gasteiger charge is -2.45. The third-order valence-electron chi connectivity index (χ3n) is 6.32. The van der Waals surface area contributed by atoms with E-state index >= 15 is 0 Å². The Bertz CT molecular complexity index is 492. The molecule has 1 aromatic carbocycles. The number of fused-ring (bicyclic) bond motifs is 1. The van der Waals surface area contributed by atoms with Crippen LogP contribution in [-0.4, -0.2) is 17.3 Å². The summed E-state index contributed by atoms with van der Waals surface area (Å²) in [6.45, 7) is 7.12. The second-order valence-electron chi connectivity index (χ2n) is 7.72. The number of hydrogen-bond donors (Lipinski definition) is 1. The minimum Gasteiger partial charge on any atom is -0.393 e. The zero-order chi connectivity index (χ0) is 16.4. The summed E-state index contributed by atoms with van der Waals surface area (Å²) in [5.74, 6) is 2.92. The largest absolute Gasteiger partial charge is 0.393 e. The first kappa shape index (κ1) is 17.3. The van der Waals surface area contributed by atoms with Gasteiger partial charge in [0.25, 0.3) is 0 Å². The predicted octanol–water partition coefficient (Wildman–Crippen LogP) is 5.17. The normalized spacial score (nSPS) is 41.1. The van der Waals surface area contributed by atoms with Crippen molar-refractivity contribution in [1.82, 2.24) is 0 Å². The Morgan fingerprint density at radius 3 is 2.35 bits per heavy atom. The molecule has 2 aliphatic carbocycles. The summed E-state index contributed by atoms with van der Waals surface area (Å²) >= 11 is 1.48. The number of aliphatic hydroxyl groups is 1. The Hall–Kier alpha value is -0.510. The first-order chi connectivity index (χ1) is 11.1. The molecule has 0 saturated heterocycles. The first-order valence-corrected chi connectivity index (χ1v) is 9.88. The first-order valence-electron chi connectivity index (χ1n) is 9.14. The van der Waals surface area contributed by atoms with Crippen LogP contribution in [-0.2, 0) is 4.18 Å². The van der Waals surface area contributed by atoms with E-state index in [0.29, 0.717) is 23.7 Å². The van der Waals surface area contributed by atoms with E-state index in [2.05, 4.69) is 32.9 Å². The second kappa shape index (κ2) is 7.58. The molecule has 1 N–H and O–H groups in total. The van der Waals surface area contributed by atoms with Crippen LogP contribution in [0, 0.1) is 29.6 Å². The molecule has 128 valence electrons. The minimum atomic E-state index is -0.212. The van der Waals surface area contributed by atoms with Crippen molar-refractivity contribution in [2.75, 3.05) is 0 Å². The quantitative estimate of drug-likeness (QED) is 0.773. The van der Waals surface area contributed by atoms with Crippen molar-refractivity contribution in [2.24, 2.45) is 29.6 Å². The van der Waals surface area contributed by atoms with Crippen LogP contribution < -0.4 is 0 Å². The lowest BCUT2D eigenvalue weighted by Crippen LogP contribution is -2.46. The molecule has 2 saturated carbocycles. The van der Waals surface area contributed by atoms with Gasteiger partial charge in [-0.2, -0.15) is 0 Å². The van der Waals surface area contributed by atoms with E-state index in [4.69, 9.17) is 4.18 Å². The third-order valence-corrected chi connectivity index (χ3v) is 7.12. The smallest absolute Gasteiger partial charge is 0.0782 e. The number of rotatable bonds is 3. The van der Waals surface area contributed by atoms with Gasteiger partial charge in [0.2, 0.25) is 0 Å². The molecule has 1 aromatic rings. The van der Waals surface area contributed by atoms with Crippen LogP contribution in [0.4, 0.5) is 0 Å². The van der Waals surface area contributed by atoms with E-state index in [9.17, 15) is 5.11 Å². The Kier molecular flexibility index (Phi) is 5.71. The molecule has 0 heterocycles. The van der Waals surface area contributed by atoms with Crippen molar-refractivity contribution < 1.29 is 9.29 Å². The van der Waals surface area contributed by atoms with Crippen molar-refractivity contribution in [1.29, 1.82) is 0 Å². The fourth-order valence-corrected chi connectivity index (χ4v) is 5.51. The molecule has 7 atom stereocenters. The van der Waals surface area contributed by atoms with Crippen molar-refractivity contribution in [2.45, 2.75) is 63.6 Å². The van der Waals surface area contributed by atoms with Crippen LogP contribution in [0.2, 0.25) is 0 Å². The van der Waals surface area contributed by atoms with Crippen LogP contribution in [0.5, 0.6) is 0 Å². The van der Waals surface area contributed by atoms with Crippen molar-refractivity contribution in [3.8, 4) is 0 Å². The highest BCUT2D eigenvalue weighted by atomic mass is 32.2. The highest BCUT2D eigenvalue weighted by molar-refractivity contribution is 7.94. The van der Waals surface area contributed by atoms with E-state index in [1.165, 1.54) is 18.5 Å². The zero-order valence-corrected chi connectivity index (χ0v) is 15.3. The lowest BCUT2D eigenvalue weighted by atomic mass is 9.63. The zero-order valence-electron chi connectivity index (χ0n) is 14.5.